The molecule has 160 valence electrons. The van der Waals surface area contributed by atoms with Crippen LogP contribution in [0, 0.1) is 4.78 Å². The predicted molar refractivity (Wildman–Crippen MR) is 102 cm³/mol. The second kappa shape index (κ2) is 6.77. The lowest BCUT2D eigenvalue weighted by Crippen LogP contribution is -2.23. The Hall–Kier alpha value is -2.47. The molecule has 2 heterocycles. The van der Waals surface area contributed by atoms with Gasteiger partial charge in [0.2, 0.25) is 5.89 Å². The van der Waals surface area contributed by atoms with E-state index >= 15 is 0 Å². The molecule has 1 unspecified atom stereocenters. The van der Waals surface area contributed by atoms with Gasteiger partial charge in [0.25, 0.3) is 9.84 Å². The Bertz CT molecular complexity index is 1360. The first-order valence-electron chi connectivity index (χ1n) is 8.93. The van der Waals surface area contributed by atoms with Crippen molar-refractivity contribution < 1.29 is 30.2 Å². The van der Waals surface area contributed by atoms with E-state index in [0.29, 0.717) is 5.92 Å². The van der Waals surface area contributed by atoms with Crippen molar-refractivity contribution in [1.82, 2.24) is 9.97 Å². The molecule has 2 aromatic heterocycles. The number of sulfone groups is 1. The maximum atomic E-state index is 12.8. The summed E-state index contributed by atoms with van der Waals surface area (Å²) in [5.74, 6) is 0.192. The highest BCUT2D eigenvalue weighted by Crippen LogP contribution is 2.42. The Morgan fingerprint density at radius 1 is 1.20 bits per heavy atom. The van der Waals surface area contributed by atoms with Crippen molar-refractivity contribution in [3.05, 3.63) is 36.0 Å². The number of hydrogen-bond donors (Lipinski definition) is 1. The molecule has 0 amide bonds. The molecule has 3 aromatic rings. The topological polar surface area (TPSA) is 114 Å². The molecule has 1 aromatic carbocycles. The number of rotatable bonds is 5. The SMILES string of the molecule is CCS(=N)(=O)c1cc(C2CC2)cnc1-c1nc2cc(S(=O)(=O)C(F)(F)F)ccc2o1. The summed E-state index contributed by atoms with van der Waals surface area (Å²) in [5.41, 5.74) is -4.62. The molecule has 0 bridgehead atoms. The predicted octanol–water partition coefficient (Wildman–Crippen LogP) is 4.49. The van der Waals surface area contributed by atoms with Gasteiger partial charge in [0, 0.05) is 11.9 Å². The van der Waals surface area contributed by atoms with Crippen LogP contribution in [0.15, 0.2) is 44.7 Å². The van der Waals surface area contributed by atoms with Gasteiger partial charge in [-0.1, -0.05) is 6.92 Å². The number of nitrogens with zero attached hydrogens (tertiary/aromatic N) is 2. The normalized spacial score (nSPS) is 17.2. The molecule has 0 radical (unpaired) electrons. The van der Waals surface area contributed by atoms with E-state index in [2.05, 4.69) is 9.97 Å². The van der Waals surface area contributed by atoms with Gasteiger partial charge in [0.05, 0.1) is 19.5 Å². The quantitative estimate of drug-likeness (QED) is 0.601. The summed E-state index contributed by atoms with van der Waals surface area (Å²) in [6.07, 6.45) is 3.53. The van der Waals surface area contributed by atoms with Gasteiger partial charge in [-0.3, -0.25) is 0 Å². The number of fused-ring (bicyclic) bond motifs is 1. The van der Waals surface area contributed by atoms with Crippen LogP contribution in [-0.2, 0) is 19.6 Å². The Balaban J connectivity index is 1.86. The third kappa shape index (κ3) is 3.47. The fourth-order valence-corrected chi connectivity index (χ4v) is 4.85. The van der Waals surface area contributed by atoms with Gasteiger partial charge in [0.15, 0.2) is 5.58 Å². The first-order chi connectivity index (χ1) is 13.9. The molecule has 1 N–H and O–H groups in total. The Labute approximate surface area is 170 Å². The fourth-order valence-electron chi connectivity index (χ4n) is 2.98. The van der Waals surface area contributed by atoms with Crippen LogP contribution in [-0.4, -0.2) is 33.9 Å². The zero-order valence-electron chi connectivity index (χ0n) is 15.6. The summed E-state index contributed by atoms with van der Waals surface area (Å²) in [5, 5.41) is 0. The van der Waals surface area contributed by atoms with E-state index in [1.54, 1.807) is 19.2 Å². The third-order valence-corrected chi connectivity index (χ3v) is 8.18. The standard InChI is InChI=1S/C18H16F3N3O4S2/c1-2-29(22,25)15-7-11(10-3-4-10)9-23-16(15)17-24-13-8-12(5-6-14(13)28-17)30(26,27)18(19,20)21/h5-10,22H,2-4H2,1H3. The molecule has 0 spiro atoms. The zero-order chi connectivity index (χ0) is 21.9. The molecular formula is C18H16F3N3O4S2. The molecule has 30 heavy (non-hydrogen) atoms. The van der Waals surface area contributed by atoms with Crippen LogP contribution in [0.1, 0.15) is 31.2 Å². The molecule has 1 atom stereocenters. The molecule has 12 heteroatoms. The zero-order valence-corrected chi connectivity index (χ0v) is 17.2. The minimum atomic E-state index is -5.54. The first kappa shape index (κ1) is 20.8. The van der Waals surface area contributed by atoms with Gasteiger partial charge in [-0.2, -0.15) is 13.2 Å². The van der Waals surface area contributed by atoms with Crippen LogP contribution in [0.5, 0.6) is 0 Å². The Kier molecular flexibility index (Phi) is 4.69. The second-order valence-electron chi connectivity index (χ2n) is 6.95. The molecular weight excluding hydrogens is 443 g/mol. The summed E-state index contributed by atoms with van der Waals surface area (Å²) < 4.78 is 88.3. The van der Waals surface area contributed by atoms with Gasteiger partial charge < -0.3 is 4.42 Å². The van der Waals surface area contributed by atoms with E-state index in [0.717, 1.165) is 36.6 Å². The van der Waals surface area contributed by atoms with E-state index in [4.69, 9.17) is 9.20 Å². The monoisotopic (exact) mass is 459 g/mol. The molecule has 1 aliphatic carbocycles. The summed E-state index contributed by atoms with van der Waals surface area (Å²) >= 11 is 0. The second-order valence-corrected chi connectivity index (χ2v) is 11.3. The average molecular weight is 459 g/mol. The summed E-state index contributed by atoms with van der Waals surface area (Å²) in [6, 6.07) is 4.26. The smallest absolute Gasteiger partial charge is 0.435 e. The first-order valence-corrected chi connectivity index (χ1v) is 12.1. The minimum absolute atomic E-state index is 0.0317. The summed E-state index contributed by atoms with van der Waals surface area (Å²) in [7, 11) is -8.74. The van der Waals surface area contributed by atoms with Crippen molar-refractivity contribution in [3.63, 3.8) is 0 Å². The summed E-state index contributed by atoms with van der Waals surface area (Å²) in [4.78, 5) is 7.53. The van der Waals surface area contributed by atoms with Crippen LogP contribution >= 0.6 is 0 Å². The lowest BCUT2D eigenvalue weighted by molar-refractivity contribution is -0.0435. The van der Waals surface area contributed by atoms with Crippen molar-refractivity contribution in [2.75, 3.05) is 5.75 Å². The number of aromatic nitrogens is 2. The Morgan fingerprint density at radius 3 is 2.50 bits per heavy atom. The fraction of sp³-hybridized carbons (Fsp3) is 0.333. The minimum Gasteiger partial charge on any atom is -0.435 e. The van der Waals surface area contributed by atoms with Crippen LogP contribution in [0.2, 0.25) is 0 Å². The van der Waals surface area contributed by atoms with Gasteiger partial charge in [-0.25, -0.2) is 27.4 Å². The number of hydrogen-bond acceptors (Lipinski definition) is 7. The summed E-state index contributed by atoms with van der Waals surface area (Å²) in [6.45, 7) is 1.60. The van der Waals surface area contributed by atoms with Gasteiger partial charge in [0.1, 0.15) is 11.2 Å². The highest BCUT2D eigenvalue weighted by atomic mass is 32.2. The van der Waals surface area contributed by atoms with Crippen LogP contribution in [0.4, 0.5) is 13.2 Å². The number of benzene rings is 1. The van der Waals surface area contributed by atoms with E-state index in [-0.39, 0.29) is 33.3 Å². The van der Waals surface area contributed by atoms with E-state index in [1.165, 1.54) is 0 Å². The lowest BCUT2D eigenvalue weighted by Gasteiger charge is -2.10. The average Bonchev–Trinajstić information content (AvgIpc) is 3.45. The Morgan fingerprint density at radius 2 is 1.90 bits per heavy atom. The largest absolute Gasteiger partial charge is 0.501 e. The number of alkyl halides is 3. The molecule has 1 fully saturated rings. The van der Waals surface area contributed by atoms with Crippen LogP contribution in [0.25, 0.3) is 22.7 Å². The maximum absolute atomic E-state index is 12.8. The molecule has 7 nitrogen and oxygen atoms in total. The lowest BCUT2D eigenvalue weighted by atomic mass is 10.2. The van der Waals surface area contributed by atoms with Gasteiger partial charge in [-0.15, -0.1) is 0 Å². The third-order valence-electron chi connectivity index (χ3n) is 4.86. The molecule has 0 saturated heterocycles. The van der Waals surface area contributed by atoms with Crippen LogP contribution in [0.3, 0.4) is 0 Å². The number of halogens is 3. The maximum Gasteiger partial charge on any atom is 0.501 e. The van der Waals surface area contributed by atoms with E-state index < -0.39 is 30.0 Å². The molecule has 0 aliphatic heterocycles. The van der Waals surface area contributed by atoms with Crippen molar-refractivity contribution in [2.45, 2.75) is 41.0 Å². The van der Waals surface area contributed by atoms with Crippen molar-refractivity contribution in [1.29, 1.82) is 4.78 Å². The number of oxazole rings is 1. The highest BCUT2D eigenvalue weighted by Gasteiger charge is 2.47. The van der Waals surface area contributed by atoms with Crippen molar-refractivity contribution in [3.8, 4) is 11.6 Å². The van der Waals surface area contributed by atoms with E-state index in [1.807, 2.05) is 0 Å². The van der Waals surface area contributed by atoms with E-state index in [9.17, 15) is 25.8 Å². The molecule has 4 rings (SSSR count). The number of pyridine rings is 1. The van der Waals surface area contributed by atoms with Crippen LogP contribution < -0.4 is 0 Å². The molecule has 1 aliphatic rings. The molecule has 1 saturated carbocycles. The van der Waals surface area contributed by atoms with Gasteiger partial charge in [-0.05, 0) is 48.6 Å². The van der Waals surface area contributed by atoms with Gasteiger partial charge >= 0.3 is 5.51 Å². The van der Waals surface area contributed by atoms with Crippen molar-refractivity contribution in [2.24, 2.45) is 0 Å². The highest BCUT2D eigenvalue weighted by molar-refractivity contribution is 7.92. The van der Waals surface area contributed by atoms with Crippen molar-refractivity contribution >= 4 is 30.7 Å². The number of nitrogens with one attached hydrogen (secondary N) is 1.